The number of nitrogens with zero attached hydrogens (tertiary/aromatic N) is 4. The number of hydrogen-bond acceptors (Lipinski definition) is 3. The van der Waals surface area contributed by atoms with Gasteiger partial charge in [0.2, 0.25) is 0 Å². The second kappa shape index (κ2) is 3.16. The average molecular weight is 196 g/mol. The van der Waals surface area contributed by atoms with E-state index in [4.69, 9.17) is 0 Å². The summed E-state index contributed by atoms with van der Waals surface area (Å²) < 4.78 is 1.76. The average Bonchev–Trinajstić information content (AvgIpc) is 2.74. The molecule has 3 rings (SSSR count). The van der Waals surface area contributed by atoms with E-state index in [0.29, 0.717) is 0 Å². The molecule has 0 spiro atoms. The van der Waals surface area contributed by atoms with Gasteiger partial charge in [0, 0.05) is 24.2 Å². The van der Waals surface area contributed by atoms with Crippen LogP contribution in [0.1, 0.15) is 0 Å². The summed E-state index contributed by atoms with van der Waals surface area (Å²) in [6.07, 6.45) is 5.36. The van der Waals surface area contributed by atoms with E-state index < -0.39 is 0 Å². The van der Waals surface area contributed by atoms with Crippen molar-refractivity contribution in [3.8, 4) is 11.4 Å². The zero-order valence-electron chi connectivity index (χ0n) is 7.91. The van der Waals surface area contributed by atoms with Gasteiger partial charge in [-0.1, -0.05) is 6.07 Å². The molecule has 0 amide bonds. The predicted octanol–water partition coefficient (Wildman–Crippen LogP) is 1.79. The lowest BCUT2D eigenvalue weighted by molar-refractivity contribution is 0.965. The lowest BCUT2D eigenvalue weighted by atomic mass is 10.3. The highest BCUT2D eigenvalue weighted by Gasteiger charge is 2.04. The zero-order chi connectivity index (χ0) is 10.1. The molecule has 0 fully saturated rings. The summed E-state index contributed by atoms with van der Waals surface area (Å²) in [5, 5.41) is 4.36. The van der Waals surface area contributed by atoms with Crippen molar-refractivity contribution in [1.29, 1.82) is 0 Å². The maximum atomic E-state index is 4.41. The standard InChI is InChI=1S/C11H8N4/c1-2-8-15-10(3-1)13-11(14-15)9-4-6-12-7-5-9/h1-8H. The molecule has 0 aliphatic carbocycles. The van der Waals surface area contributed by atoms with Gasteiger partial charge in [0.1, 0.15) is 0 Å². The van der Waals surface area contributed by atoms with Crippen LogP contribution in [0, 0.1) is 0 Å². The quantitative estimate of drug-likeness (QED) is 0.596. The first-order valence-corrected chi connectivity index (χ1v) is 4.65. The molecule has 3 heterocycles. The van der Waals surface area contributed by atoms with E-state index in [9.17, 15) is 0 Å². The maximum absolute atomic E-state index is 4.41. The summed E-state index contributed by atoms with van der Waals surface area (Å²) >= 11 is 0. The number of aromatic nitrogens is 4. The Morgan fingerprint density at radius 2 is 1.87 bits per heavy atom. The van der Waals surface area contributed by atoms with Crippen molar-refractivity contribution in [2.24, 2.45) is 0 Å². The van der Waals surface area contributed by atoms with Crippen molar-refractivity contribution in [2.45, 2.75) is 0 Å². The van der Waals surface area contributed by atoms with Gasteiger partial charge >= 0.3 is 0 Å². The Bertz CT molecular complexity index is 553. The molecule has 0 atom stereocenters. The summed E-state index contributed by atoms with van der Waals surface area (Å²) in [5.74, 6) is 0.726. The highest BCUT2D eigenvalue weighted by atomic mass is 15.3. The van der Waals surface area contributed by atoms with Crippen molar-refractivity contribution in [1.82, 2.24) is 19.6 Å². The molecule has 0 saturated carbocycles. The molecule has 0 unspecified atom stereocenters. The van der Waals surface area contributed by atoms with E-state index in [1.165, 1.54) is 0 Å². The zero-order valence-corrected chi connectivity index (χ0v) is 7.91. The van der Waals surface area contributed by atoms with Crippen LogP contribution in [0.15, 0.2) is 48.9 Å². The normalized spacial score (nSPS) is 10.7. The Hall–Kier alpha value is -2.23. The van der Waals surface area contributed by atoms with E-state index >= 15 is 0 Å². The molecule has 4 heteroatoms. The van der Waals surface area contributed by atoms with Crippen LogP contribution >= 0.6 is 0 Å². The van der Waals surface area contributed by atoms with Crippen LogP contribution in [0.5, 0.6) is 0 Å². The van der Waals surface area contributed by atoms with Crippen LogP contribution in [0.2, 0.25) is 0 Å². The molecule has 3 aromatic heterocycles. The van der Waals surface area contributed by atoms with E-state index in [1.807, 2.05) is 36.5 Å². The summed E-state index contributed by atoms with van der Waals surface area (Å²) in [7, 11) is 0. The van der Waals surface area contributed by atoms with Gasteiger partial charge in [-0.2, -0.15) is 0 Å². The second-order valence-electron chi connectivity index (χ2n) is 3.17. The maximum Gasteiger partial charge on any atom is 0.182 e. The minimum Gasteiger partial charge on any atom is -0.265 e. The molecular weight excluding hydrogens is 188 g/mol. The summed E-state index contributed by atoms with van der Waals surface area (Å²) in [6.45, 7) is 0. The number of fused-ring (bicyclic) bond motifs is 1. The van der Waals surface area contributed by atoms with Crippen LogP contribution < -0.4 is 0 Å². The topological polar surface area (TPSA) is 43.1 Å². The first-order chi connectivity index (χ1) is 7.43. The molecule has 72 valence electrons. The van der Waals surface area contributed by atoms with Crippen LogP contribution in [0.4, 0.5) is 0 Å². The van der Waals surface area contributed by atoms with Gasteiger partial charge in [-0.25, -0.2) is 9.50 Å². The van der Waals surface area contributed by atoms with Gasteiger partial charge in [-0.05, 0) is 24.3 Å². The van der Waals surface area contributed by atoms with Crippen molar-refractivity contribution in [3.05, 3.63) is 48.9 Å². The van der Waals surface area contributed by atoms with E-state index in [-0.39, 0.29) is 0 Å². The van der Waals surface area contributed by atoms with Crippen molar-refractivity contribution in [2.75, 3.05) is 0 Å². The molecule has 0 aliphatic heterocycles. The lowest BCUT2D eigenvalue weighted by Crippen LogP contribution is -1.84. The second-order valence-corrected chi connectivity index (χ2v) is 3.17. The third-order valence-corrected chi connectivity index (χ3v) is 2.18. The Morgan fingerprint density at radius 1 is 1.00 bits per heavy atom. The van der Waals surface area contributed by atoms with Crippen molar-refractivity contribution >= 4 is 5.65 Å². The molecule has 3 aromatic rings. The van der Waals surface area contributed by atoms with Gasteiger partial charge in [-0.15, -0.1) is 5.10 Å². The molecule has 15 heavy (non-hydrogen) atoms. The van der Waals surface area contributed by atoms with Crippen LogP contribution in [0.25, 0.3) is 17.0 Å². The van der Waals surface area contributed by atoms with E-state index in [2.05, 4.69) is 15.1 Å². The fourth-order valence-corrected chi connectivity index (χ4v) is 1.45. The third-order valence-electron chi connectivity index (χ3n) is 2.18. The van der Waals surface area contributed by atoms with Crippen molar-refractivity contribution in [3.63, 3.8) is 0 Å². The van der Waals surface area contributed by atoms with Gasteiger partial charge in [0.15, 0.2) is 11.5 Å². The largest absolute Gasteiger partial charge is 0.265 e. The van der Waals surface area contributed by atoms with E-state index in [0.717, 1.165) is 17.0 Å². The molecule has 0 bridgehead atoms. The molecule has 0 aliphatic rings. The fourth-order valence-electron chi connectivity index (χ4n) is 1.45. The van der Waals surface area contributed by atoms with Gasteiger partial charge < -0.3 is 0 Å². The highest BCUT2D eigenvalue weighted by Crippen LogP contribution is 2.14. The molecule has 0 aromatic carbocycles. The Labute approximate surface area is 86.2 Å². The summed E-state index contributed by atoms with van der Waals surface area (Å²) in [5.41, 5.74) is 1.83. The van der Waals surface area contributed by atoms with Crippen LogP contribution in [0.3, 0.4) is 0 Å². The molecule has 0 radical (unpaired) electrons. The Morgan fingerprint density at radius 3 is 2.67 bits per heavy atom. The molecule has 0 N–H and O–H groups in total. The molecular formula is C11H8N4. The lowest BCUT2D eigenvalue weighted by Gasteiger charge is -1.90. The van der Waals surface area contributed by atoms with Crippen molar-refractivity contribution < 1.29 is 0 Å². The molecule has 0 saturated heterocycles. The minimum atomic E-state index is 0.726. The van der Waals surface area contributed by atoms with Gasteiger partial charge in [0.05, 0.1) is 0 Å². The first kappa shape index (κ1) is 8.11. The van der Waals surface area contributed by atoms with Crippen LogP contribution in [-0.4, -0.2) is 19.6 Å². The number of pyridine rings is 2. The SMILES string of the molecule is c1ccn2nc(-c3ccncc3)nc2c1. The minimum absolute atomic E-state index is 0.726. The fraction of sp³-hybridized carbons (Fsp3) is 0. The Balaban J connectivity index is 2.21. The van der Waals surface area contributed by atoms with Crippen LogP contribution in [-0.2, 0) is 0 Å². The number of hydrogen-bond donors (Lipinski definition) is 0. The predicted molar refractivity (Wildman–Crippen MR) is 56.2 cm³/mol. The summed E-state index contributed by atoms with van der Waals surface area (Å²) in [4.78, 5) is 8.37. The number of rotatable bonds is 1. The van der Waals surface area contributed by atoms with Gasteiger partial charge in [0.25, 0.3) is 0 Å². The highest BCUT2D eigenvalue weighted by molar-refractivity contribution is 5.56. The third kappa shape index (κ3) is 1.36. The smallest absolute Gasteiger partial charge is 0.182 e. The Kier molecular flexibility index (Phi) is 1.71. The van der Waals surface area contributed by atoms with Gasteiger partial charge in [-0.3, -0.25) is 4.98 Å². The summed E-state index contributed by atoms with van der Waals surface area (Å²) in [6, 6.07) is 9.60. The molecule has 4 nitrogen and oxygen atoms in total. The first-order valence-electron chi connectivity index (χ1n) is 4.65. The van der Waals surface area contributed by atoms with E-state index in [1.54, 1.807) is 16.9 Å². The monoisotopic (exact) mass is 196 g/mol.